The van der Waals surface area contributed by atoms with Crippen LogP contribution in [-0.2, 0) is 0 Å². The van der Waals surface area contributed by atoms with Gasteiger partial charge in [-0.15, -0.1) is 0 Å². The van der Waals surface area contributed by atoms with Crippen LogP contribution in [0, 0.1) is 24.0 Å². The van der Waals surface area contributed by atoms with Gasteiger partial charge < -0.3 is 10.6 Å². The highest BCUT2D eigenvalue weighted by Crippen LogP contribution is 2.35. The third-order valence-electron chi connectivity index (χ3n) is 4.56. The third kappa shape index (κ3) is 3.85. The number of pyridine rings is 1. The lowest BCUT2D eigenvalue weighted by Gasteiger charge is -2.12. The van der Waals surface area contributed by atoms with Crippen molar-refractivity contribution in [2.24, 2.45) is 0 Å². The molecule has 0 saturated heterocycles. The molecule has 2 aromatic heterocycles. The lowest BCUT2D eigenvalue weighted by Crippen LogP contribution is -2.06. The molecular formula is C21H17ClN6O2. The van der Waals surface area contributed by atoms with E-state index in [1.165, 1.54) is 6.33 Å². The van der Waals surface area contributed by atoms with Crippen LogP contribution >= 0.6 is 11.6 Å². The van der Waals surface area contributed by atoms with E-state index in [1.807, 2.05) is 50.2 Å². The zero-order valence-corrected chi connectivity index (χ0v) is 16.9. The summed E-state index contributed by atoms with van der Waals surface area (Å²) >= 11 is 6.16. The van der Waals surface area contributed by atoms with E-state index in [1.54, 1.807) is 12.1 Å². The lowest BCUT2D eigenvalue weighted by molar-refractivity contribution is -0.383. The van der Waals surface area contributed by atoms with Gasteiger partial charge in [0.1, 0.15) is 6.33 Å². The molecule has 0 atom stereocenters. The van der Waals surface area contributed by atoms with Gasteiger partial charge in [-0.2, -0.15) is 0 Å². The molecule has 30 heavy (non-hydrogen) atoms. The summed E-state index contributed by atoms with van der Waals surface area (Å²) in [6.07, 6.45) is 1.26. The first-order chi connectivity index (χ1) is 14.4. The first kappa shape index (κ1) is 19.5. The number of hydrogen-bond acceptors (Lipinski definition) is 7. The molecular weight excluding hydrogens is 404 g/mol. The summed E-state index contributed by atoms with van der Waals surface area (Å²) in [5.41, 5.74) is 3.54. The molecule has 0 aliphatic carbocycles. The Morgan fingerprint density at radius 3 is 2.50 bits per heavy atom. The van der Waals surface area contributed by atoms with Crippen molar-refractivity contribution in [3.05, 3.63) is 81.3 Å². The minimum atomic E-state index is -0.520. The number of nitro groups is 1. The Bertz CT molecular complexity index is 1280. The summed E-state index contributed by atoms with van der Waals surface area (Å²) in [5.74, 6) is 0.135. The molecule has 0 radical (unpaired) electrons. The summed E-state index contributed by atoms with van der Waals surface area (Å²) in [6, 6.07) is 14.6. The molecule has 0 unspecified atom stereocenters. The summed E-state index contributed by atoms with van der Waals surface area (Å²) in [6.45, 7) is 3.78. The van der Waals surface area contributed by atoms with Gasteiger partial charge in [-0.3, -0.25) is 15.1 Å². The van der Waals surface area contributed by atoms with Gasteiger partial charge >= 0.3 is 5.69 Å². The quantitative estimate of drug-likeness (QED) is 0.315. The molecule has 0 fully saturated rings. The average Bonchev–Trinajstić information content (AvgIpc) is 2.70. The number of aryl methyl sites for hydroxylation is 2. The Morgan fingerprint density at radius 1 is 1.00 bits per heavy atom. The van der Waals surface area contributed by atoms with Gasteiger partial charge in [-0.1, -0.05) is 23.7 Å². The molecule has 0 bridgehead atoms. The van der Waals surface area contributed by atoms with Crippen molar-refractivity contribution < 1.29 is 4.92 Å². The first-order valence-electron chi connectivity index (χ1n) is 9.08. The van der Waals surface area contributed by atoms with Gasteiger partial charge in [-0.25, -0.2) is 9.97 Å². The average molecular weight is 421 g/mol. The molecule has 2 heterocycles. The summed E-state index contributed by atoms with van der Waals surface area (Å²) in [4.78, 5) is 24.0. The first-order valence-corrected chi connectivity index (χ1v) is 9.46. The number of hydrogen-bond donors (Lipinski definition) is 2. The molecule has 2 N–H and O–H groups in total. The van der Waals surface area contributed by atoms with E-state index in [2.05, 4.69) is 25.6 Å². The highest BCUT2D eigenvalue weighted by atomic mass is 35.5. The van der Waals surface area contributed by atoms with Crippen LogP contribution in [0.1, 0.15) is 11.3 Å². The second kappa shape index (κ2) is 7.92. The maximum absolute atomic E-state index is 11.9. The van der Waals surface area contributed by atoms with Crippen molar-refractivity contribution in [1.29, 1.82) is 0 Å². The van der Waals surface area contributed by atoms with Crippen molar-refractivity contribution in [2.45, 2.75) is 13.8 Å². The Morgan fingerprint density at radius 2 is 1.77 bits per heavy atom. The van der Waals surface area contributed by atoms with Crippen LogP contribution in [0.25, 0.3) is 10.9 Å². The molecule has 4 rings (SSSR count). The summed E-state index contributed by atoms with van der Waals surface area (Å²) < 4.78 is 0. The highest BCUT2D eigenvalue weighted by molar-refractivity contribution is 6.31. The lowest BCUT2D eigenvalue weighted by atomic mass is 10.1. The van der Waals surface area contributed by atoms with Gasteiger partial charge in [0.05, 0.1) is 10.4 Å². The maximum atomic E-state index is 11.9. The topological polar surface area (TPSA) is 106 Å². The van der Waals surface area contributed by atoms with Crippen LogP contribution in [0.4, 0.5) is 28.7 Å². The second-order valence-corrected chi connectivity index (χ2v) is 7.12. The monoisotopic (exact) mass is 420 g/mol. The van der Waals surface area contributed by atoms with Gasteiger partial charge in [0.25, 0.3) is 0 Å². The Labute approximate surface area is 177 Å². The van der Waals surface area contributed by atoms with E-state index in [0.717, 1.165) is 22.2 Å². The van der Waals surface area contributed by atoms with Crippen LogP contribution in [0.2, 0.25) is 5.02 Å². The molecule has 4 aromatic rings. The number of nitrogens with one attached hydrogen (secondary N) is 2. The van der Waals surface area contributed by atoms with Crippen molar-refractivity contribution in [1.82, 2.24) is 15.0 Å². The highest BCUT2D eigenvalue weighted by Gasteiger charge is 2.24. The number of benzene rings is 2. The zero-order chi connectivity index (χ0) is 21.3. The SMILES string of the molecule is Cc1ccc2c(Nc3ncnc(Nc4ccc(C)c(Cl)c4)c3[N+](=O)[O-])cccc2n1. The molecule has 8 nitrogen and oxygen atoms in total. The molecule has 9 heteroatoms. The molecule has 0 aliphatic rings. The van der Waals surface area contributed by atoms with Crippen LogP contribution in [0.5, 0.6) is 0 Å². The van der Waals surface area contributed by atoms with Crippen molar-refractivity contribution in [3.8, 4) is 0 Å². The van der Waals surface area contributed by atoms with Gasteiger partial charge in [0, 0.05) is 27.5 Å². The number of halogens is 1. The van der Waals surface area contributed by atoms with Crippen LogP contribution < -0.4 is 10.6 Å². The fraction of sp³-hybridized carbons (Fsp3) is 0.0952. The largest absolute Gasteiger partial charge is 0.353 e. The standard InChI is InChI=1S/C21H17ClN6O2/c1-12-6-8-14(10-16(12)22)26-20-19(28(29)30)21(24-11-23-20)27-18-5-3-4-17-15(18)9-7-13(2)25-17/h3-11H,1-2H3,(H2,23,24,26,27). The van der Waals surface area contributed by atoms with Crippen molar-refractivity contribution >= 4 is 51.2 Å². The van der Waals surface area contributed by atoms with Crippen molar-refractivity contribution in [3.63, 3.8) is 0 Å². The Kier molecular flexibility index (Phi) is 5.16. The van der Waals surface area contributed by atoms with E-state index in [9.17, 15) is 10.1 Å². The van der Waals surface area contributed by atoms with Gasteiger partial charge in [0.2, 0.25) is 11.6 Å². The summed E-state index contributed by atoms with van der Waals surface area (Å²) in [7, 11) is 0. The zero-order valence-electron chi connectivity index (χ0n) is 16.2. The summed E-state index contributed by atoms with van der Waals surface area (Å²) in [5, 5.41) is 19.3. The molecule has 0 spiro atoms. The second-order valence-electron chi connectivity index (χ2n) is 6.72. The number of nitrogens with zero attached hydrogens (tertiary/aromatic N) is 4. The van der Waals surface area contributed by atoms with Crippen LogP contribution in [0.3, 0.4) is 0 Å². The smallest absolute Gasteiger partial charge is 0.334 e. The molecule has 0 amide bonds. The molecule has 0 aliphatic heterocycles. The molecule has 0 saturated carbocycles. The third-order valence-corrected chi connectivity index (χ3v) is 4.97. The number of anilines is 4. The fourth-order valence-electron chi connectivity index (χ4n) is 3.04. The predicted octanol–water partition coefficient (Wildman–Crippen LogP) is 5.69. The van der Waals surface area contributed by atoms with Gasteiger partial charge in [0.15, 0.2) is 0 Å². The Hall–Kier alpha value is -3.78. The fourth-order valence-corrected chi connectivity index (χ4v) is 3.22. The van der Waals surface area contributed by atoms with Gasteiger partial charge in [-0.05, 0) is 55.8 Å². The predicted molar refractivity (Wildman–Crippen MR) is 118 cm³/mol. The van der Waals surface area contributed by atoms with Crippen LogP contribution in [0.15, 0.2) is 54.9 Å². The number of fused-ring (bicyclic) bond motifs is 1. The van der Waals surface area contributed by atoms with Crippen molar-refractivity contribution in [2.75, 3.05) is 10.6 Å². The van der Waals surface area contributed by atoms with E-state index in [0.29, 0.717) is 16.4 Å². The minimum absolute atomic E-state index is 0.0617. The van der Waals surface area contributed by atoms with E-state index >= 15 is 0 Å². The Balaban J connectivity index is 1.75. The van der Waals surface area contributed by atoms with E-state index < -0.39 is 4.92 Å². The number of rotatable bonds is 5. The number of aromatic nitrogens is 3. The van der Waals surface area contributed by atoms with E-state index in [-0.39, 0.29) is 17.3 Å². The van der Waals surface area contributed by atoms with E-state index in [4.69, 9.17) is 11.6 Å². The minimum Gasteiger partial charge on any atom is -0.334 e. The normalized spacial score (nSPS) is 10.8. The maximum Gasteiger partial charge on any atom is 0.353 e. The molecule has 2 aromatic carbocycles. The molecule has 150 valence electrons. The van der Waals surface area contributed by atoms with Crippen LogP contribution in [-0.4, -0.2) is 19.9 Å².